The zero-order valence-electron chi connectivity index (χ0n) is 14.6. The molecule has 2 N–H and O–H groups in total. The van der Waals surface area contributed by atoms with Gasteiger partial charge in [0.2, 0.25) is 5.91 Å². The third-order valence-electron chi connectivity index (χ3n) is 4.28. The van der Waals surface area contributed by atoms with Gasteiger partial charge in [0.05, 0.1) is 10.5 Å². The molecule has 2 rings (SSSR count). The Balaban J connectivity index is 2.09. The van der Waals surface area contributed by atoms with Crippen molar-refractivity contribution in [3.05, 3.63) is 39.4 Å². The second kappa shape index (κ2) is 7.94. The van der Waals surface area contributed by atoms with Crippen LogP contribution in [0.15, 0.2) is 18.2 Å². The first-order valence-corrected chi connectivity index (χ1v) is 8.31. The molecule has 1 aromatic carbocycles. The molecule has 0 atom stereocenters. The van der Waals surface area contributed by atoms with E-state index in [0.29, 0.717) is 25.9 Å². The van der Waals surface area contributed by atoms with Crippen LogP contribution >= 0.6 is 0 Å². The van der Waals surface area contributed by atoms with Crippen LogP contribution in [0, 0.1) is 16.0 Å². The van der Waals surface area contributed by atoms with Gasteiger partial charge in [-0.1, -0.05) is 13.8 Å². The topological polar surface area (TPSA) is 130 Å². The van der Waals surface area contributed by atoms with E-state index in [9.17, 15) is 24.5 Å². The lowest BCUT2D eigenvalue weighted by atomic mass is 10.0. The summed E-state index contributed by atoms with van der Waals surface area (Å²) >= 11 is 0. The number of aromatic carboxylic acids is 1. The fraction of sp³-hybridized carbons (Fsp3) is 0.471. The highest BCUT2D eigenvalue weighted by Crippen LogP contribution is 2.21. The van der Waals surface area contributed by atoms with Crippen LogP contribution in [0.1, 0.15) is 47.4 Å². The van der Waals surface area contributed by atoms with Crippen molar-refractivity contribution in [1.82, 2.24) is 10.2 Å². The third-order valence-corrected chi connectivity index (χ3v) is 4.28. The molecule has 1 fully saturated rings. The van der Waals surface area contributed by atoms with E-state index in [2.05, 4.69) is 5.32 Å². The normalized spacial score (nSPS) is 15.0. The van der Waals surface area contributed by atoms with Crippen LogP contribution in [-0.2, 0) is 4.79 Å². The third kappa shape index (κ3) is 4.56. The monoisotopic (exact) mass is 363 g/mol. The second-order valence-electron chi connectivity index (χ2n) is 6.56. The van der Waals surface area contributed by atoms with Gasteiger partial charge >= 0.3 is 5.97 Å². The second-order valence-corrected chi connectivity index (χ2v) is 6.56. The van der Waals surface area contributed by atoms with Crippen molar-refractivity contribution in [3.63, 3.8) is 0 Å². The minimum absolute atomic E-state index is 0.0198. The molecule has 0 aliphatic carbocycles. The Kier molecular flexibility index (Phi) is 5.91. The van der Waals surface area contributed by atoms with Crippen LogP contribution < -0.4 is 5.32 Å². The molecule has 9 heteroatoms. The summed E-state index contributed by atoms with van der Waals surface area (Å²) in [6.07, 6.45) is 1.15. The van der Waals surface area contributed by atoms with Crippen molar-refractivity contribution in [3.8, 4) is 0 Å². The van der Waals surface area contributed by atoms with Crippen molar-refractivity contribution in [2.45, 2.75) is 32.7 Å². The van der Waals surface area contributed by atoms with E-state index in [1.165, 1.54) is 4.90 Å². The summed E-state index contributed by atoms with van der Waals surface area (Å²) in [5.74, 6) is -1.95. The summed E-state index contributed by atoms with van der Waals surface area (Å²) < 4.78 is 0. The molecule has 9 nitrogen and oxygen atoms in total. The summed E-state index contributed by atoms with van der Waals surface area (Å²) in [5, 5.41) is 23.0. The molecule has 0 bridgehead atoms. The average molecular weight is 363 g/mol. The van der Waals surface area contributed by atoms with Gasteiger partial charge in [0.1, 0.15) is 0 Å². The maximum Gasteiger partial charge on any atom is 0.335 e. The van der Waals surface area contributed by atoms with E-state index in [-0.39, 0.29) is 29.0 Å². The number of carboxylic acids is 1. The molecule has 0 spiro atoms. The summed E-state index contributed by atoms with van der Waals surface area (Å²) in [4.78, 5) is 47.3. The quantitative estimate of drug-likeness (QED) is 0.604. The van der Waals surface area contributed by atoms with Crippen LogP contribution in [0.4, 0.5) is 5.69 Å². The number of benzene rings is 1. The van der Waals surface area contributed by atoms with E-state index in [1.54, 1.807) is 13.8 Å². The number of non-ortho nitro benzene ring substituents is 1. The molecule has 1 heterocycles. The van der Waals surface area contributed by atoms with Gasteiger partial charge in [-0.25, -0.2) is 4.79 Å². The average Bonchev–Trinajstić information content (AvgIpc) is 2.61. The smallest absolute Gasteiger partial charge is 0.335 e. The number of hydrogen-bond donors (Lipinski definition) is 2. The van der Waals surface area contributed by atoms with Crippen LogP contribution in [0.3, 0.4) is 0 Å². The number of amides is 2. The van der Waals surface area contributed by atoms with Crippen molar-refractivity contribution in [2.24, 2.45) is 5.92 Å². The van der Waals surface area contributed by atoms with Crippen LogP contribution in [0.25, 0.3) is 0 Å². The van der Waals surface area contributed by atoms with Gasteiger partial charge in [-0.15, -0.1) is 0 Å². The minimum atomic E-state index is -1.34. The number of nitrogens with zero attached hydrogens (tertiary/aromatic N) is 2. The molecule has 0 unspecified atom stereocenters. The summed E-state index contributed by atoms with van der Waals surface area (Å²) in [6, 6.07) is 3.13. The molecular formula is C17H21N3O6. The first kappa shape index (κ1) is 19.4. The lowest BCUT2D eigenvalue weighted by molar-refractivity contribution is -0.384. The molecule has 140 valence electrons. The summed E-state index contributed by atoms with van der Waals surface area (Å²) in [5.41, 5.74) is -0.768. The van der Waals surface area contributed by atoms with E-state index in [1.807, 2.05) is 0 Å². The number of piperidine rings is 1. The van der Waals surface area contributed by atoms with Crippen molar-refractivity contribution >= 4 is 23.5 Å². The minimum Gasteiger partial charge on any atom is -0.478 e. The SMILES string of the molecule is CC(C)C(=O)NC1CCN(C(=O)c2cc(C(=O)O)cc([N+](=O)[O-])c2)CC1. The summed E-state index contributed by atoms with van der Waals surface area (Å²) in [6.45, 7) is 4.37. The standard InChI is InChI=1S/C17H21N3O6/c1-10(2)15(21)18-13-3-5-19(6-4-13)16(22)11-7-12(17(23)24)9-14(8-11)20(25)26/h7-10,13H,3-6H2,1-2H3,(H,18,21)(H,23,24). The Labute approximate surface area is 150 Å². The molecule has 0 radical (unpaired) electrons. The van der Waals surface area contributed by atoms with Crippen LogP contribution in [0.5, 0.6) is 0 Å². The first-order chi connectivity index (χ1) is 12.2. The lowest BCUT2D eigenvalue weighted by Crippen LogP contribution is -2.47. The van der Waals surface area contributed by atoms with E-state index in [4.69, 9.17) is 5.11 Å². The van der Waals surface area contributed by atoms with Gasteiger partial charge in [-0.3, -0.25) is 19.7 Å². The van der Waals surface area contributed by atoms with Crippen LogP contribution in [0.2, 0.25) is 0 Å². The molecule has 0 aromatic heterocycles. The fourth-order valence-electron chi connectivity index (χ4n) is 2.74. The van der Waals surface area contributed by atoms with Gasteiger partial charge in [0.15, 0.2) is 0 Å². The molecular weight excluding hydrogens is 342 g/mol. The molecule has 1 aromatic rings. The molecule has 1 aliphatic rings. The lowest BCUT2D eigenvalue weighted by Gasteiger charge is -2.32. The van der Waals surface area contributed by atoms with Crippen LogP contribution in [-0.4, -0.2) is 51.8 Å². The van der Waals surface area contributed by atoms with Crippen molar-refractivity contribution in [2.75, 3.05) is 13.1 Å². The number of likely N-dealkylation sites (tertiary alicyclic amines) is 1. The largest absolute Gasteiger partial charge is 0.478 e. The Bertz CT molecular complexity index is 706. The van der Waals surface area contributed by atoms with Gasteiger partial charge in [-0.2, -0.15) is 0 Å². The zero-order chi connectivity index (χ0) is 19.4. The number of carboxylic acid groups (broad SMARTS) is 1. The number of nitro benzene ring substituents is 1. The Hall–Kier alpha value is -2.97. The number of nitro groups is 1. The maximum atomic E-state index is 12.6. The highest BCUT2D eigenvalue weighted by atomic mass is 16.6. The van der Waals surface area contributed by atoms with Gasteiger partial charge in [0, 0.05) is 42.7 Å². The highest BCUT2D eigenvalue weighted by Gasteiger charge is 2.27. The molecule has 26 heavy (non-hydrogen) atoms. The van der Waals surface area contributed by atoms with Crippen molar-refractivity contribution < 1.29 is 24.4 Å². The van der Waals surface area contributed by atoms with E-state index in [0.717, 1.165) is 18.2 Å². The van der Waals surface area contributed by atoms with Crippen molar-refractivity contribution in [1.29, 1.82) is 0 Å². The number of carbonyl (C=O) groups excluding carboxylic acids is 2. The number of hydrogen-bond acceptors (Lipinski definition) is 5. The van der Waals surface area contributed by atoms with Gasteiger partial charge in [-0.05, 0) is 18.9 Å². The Morgan fingerprint density at radius 1 is 1.19 bits per heavy atom. The molecule has 2 amide bonds. The van der Waals surface area contributed by atoms with Gasteiger partial charge in [0.25, 0.3) is 11.6 Å². The summed E-state index contributed by atoms with van der Waals surface area (Å²) in [7, 11) is 0. The number of rotatable bonds is 5. The van der Waals surface area contributed by atoms with E-state index >= 15 is 0 Å². The zero-order valence-corrected chi connectivity index (χ0v) is 14.6. The van der Waals surface area contributed by atoms with E-state index < -0.39 is 22.5 Å². The number of carbonyl (C=O) groups is 3. The Morgan fingerprint density at radius 3 is 2.27 bits per heavy atom. The first-order valence-electron chi connectivity index (χ1n) is 8.31. The maximum absolute atomic E-state index is 12.6. The molecule has 1 aliphatic heterocycles. The molecule has 0 saturated carbocycles. The van der Waals surface area contributed by atoms with Gasteiger partial charge < -0.3 is 15.3 Å². The highest BCUT2D eigenvalue weighted by molar-refractivity contribution is 5.98. The Morgan fingerprint density at radius 2 is 1.77 bits per heavy atom. The predicted octanol–water partition coefficient (Wildman–Crippen LogP) is 1.67. The predicted molar refractivity (Wildman–Crippen MR) is 92.0 cm³/mol. The molecule has 1 saturated heterocycles. The number of nitrogens with one attached hydrogen (secondary N) is 1. The fourth-order valence-corrected chi connectivity index (χ4v) is 2.74.